The van der Waals surface area contributed by atoms with Crippen molar-refractivity contribution in [3.8, 4) is 28.8 Å². The molecule has 1 N–H and O–H groups in total. The van der Waals surface area contributed by atoms with Crippen LogP contribution < -0.4 is 10.1 Å². The first-order valence-corrected chi connectivity index (χ1v) is 11.4. The molecule has 0 saturated heterocycles. The minimum atomic E-state index is -0.409. The minimum absolute atomic E-state index is 0.0266. The summed E-state index contributed by atoms with van der Waals surface area (Å²) in [5, 5.41) is 17.0. The molecule has 1 aromatic heterocycles. The molecule has 0 radical (unpaired) electrons. The maximum Gasteiger partial charge on any atom is 0.261 e. The summed E-state index contributed by atoms with van der Waals surface area (Å²) in [6, 6.07) is 27.6. The third-order valence-electron chi connectivity index (χ3n) is 5.42. The van der Waals surface area contributed by atoms with Crippen LogP contribution in [0.3, 0.4) is 0 Å². The van der Waals surface area contributed by atoms with Crippen LogP contribution in [0.2, 0.25) is 0 Å². The van der Waals surface area contributed by atoms with Crippen LogP contribution in [0, 0.1) is 18.3 Å². The fourth-order valence-corrected chi connectivity index (χ4v) is 3.55. The van der Waals surface area contributed by atoms with Crippen LogP contribution in [0.1, 0.15) is 23.6 Å². The molecule has 174 valence electrons. The van der Waals surface area contributed by atoms with E-state index in [0.717, 1.165) is 22.6 Å². The summed E-state index contributed by atoms with van der Waals surface area (Å²) in [6.07, 6.45) is 3.40. The number of rotatable bonds is 8. The fourth-order valence-electron chi connectivity index (χ4n) is 3.55. The summed E-state index contributed by atoms with van der Waals surface area (Å²) >= 11 is 0. The lowest BCUT2D eigenvalue weighted by Crippen LogP contribution is -2.23. The first-order chi connectivity index (χ1) is 17.1. The zero-order valence-corrected chi connectivity index (χ0v) is 19.7. The van der Waals surface area contributed by atoms with E-state index in [1.807, 2.05) is 73.8 Å². The van der Waals surface area contributed by atoms with Crippen LogP contribution in [0.5, 0.6) is 5.75 Å². The molecule has 6 nitrogen and oxygen atoms in total. The Morgan fingerprint density at radius 1 is 1.06 bits per heavy atom. The molecule has 0 aliphatic carbocycles. The average molecular weight is 463 g/mol. The van der Waals surface area contributed by atoms with E-state index in [2.05, 4.69) is 36.5 Å². The number of nitrogens with one attached hydrogen (secondary N) is 1. The number of likely N-dealkylation sites (N-methyl/N-ethyl adjacent to an activating group) is 1. The Hall–Kier alpha value is -4.63. The van der Waals surface area contributed by atoms with Crippen LogP contribution >= 0.6 is 0 Å². The number of benzene rings is 3. The molecule has 0 aliphatic heterocycles. The lowest BCUT2D eigenvalue weighted by atomic mass is 10.1. The Labute approximate surface area is 205 Å². The van der Waals surface area contributed by atoms with E-state index in [1.54, 1.807) is 10.8 Å². The van der Waals surface area contributed by atoms with E-state index in [9.17, 15) is 10.1 Å². The van der Waals surface area contributed by atoms with Gasteiger partial charge in [0.15, 0.2) is 0 Å². The number of carbonyl (C=O) groups is 1. The predicted octanol–water partition coefficient (Wildman–Crippen LogP) is 5.47. The molecule has 0 saturated carbocycles. The molecule has 35 heavy (non-hydrogen) atoms. The van der Waals surface area contributed by atoms with Gasteiger partial charge in [-0.05, 0) is 61.9 Å². The van der Waals surface area contributed by atoms with Gasteiger partial charge in [0.2, 0.25) is 0 Å². The summed E-state index contributed by atoms with van der Waals surface area (Å²) in [4.78, 5) is 12.3. The summed E-state index contributed by atoms with van der Waals surface area (Å²) in [6.45, 7) is 4.79. The molecule has 0 spiro atoms. The van der Waals surface area contributed by atoms with Crippen molar-refractivity contribution in [1.29, 1.82) is 5.26 Å². The van der Waals surface area contributed by atoms with Crippen molar-refractivity contribution >= 4 is 12.0 Å². The first-order valence-electron chi connectivity index (χ1n) is 11.4. The van der Waals surface area contributed by atoms with Gasteiger partial charge in [-0.25, -0.2) is 4.68 Å². The number of aromatic nitrogens is 2. The topological polar surface area (TPSA) is 79.9 Å². The van der Waals surface area contributed by atoms with Gasteiger partial charge in [0.1, 0.15) is 24.0 Å². The van der Waals surface area contributed by atoms with Gasteiger partial charge < -0.3 is 10.1 Å². The molecule has 0 fully saturated rings. The summed E-state index contributed by atoms with van der Waals surface area (Å²) in [7, 11) is 0. The van der Waals surface area contributed by atoms with Crippen LogP contribution in [0.4, 0.5) is 0 Å². The van der Waals surface area contributed by atoms with Gasteiger partial charge >= 0.3 is 0 Å². The molecule has 1 amide bonds. The smallest absolute Gasteiger partial charge is 0.261 e. The lowest BCUT2D eigenvalue weighted by molar-refractivity contribution is -0.116. The SMILES string of the molecule is CCNC(=O)/C(C#N)=C\c1cn(-c2ccccc2)nc1-c1ccc(OCc2ccc(C)cc2)cc1. The molecular formula is C29H26N4O2. The van der Waals surface area contributed by atoms with E-state index in [0.29, 0.717) is 24.4 Å². The Morgan fingerprint density at radius 2 is 1.77 bits per heavy atom. The normalized spacial score (nSPS) is 11.1. The highest BCUT2D eigenvalue weighted by Gasteiger charge is 2.15. The van der Waals surface area contributed by atoms with Gasteiger partial charge in [-0.15, -0.1) is 0 Å². The maximum atomic E-state index is 12.3. The zero-order chi connectivity index (χ0) is 24.6. The molecule has 3 aromatic carbocycles. The number of hydrogen-bond acceptors (Lipinski definition) is 4. The monoisotopic (exact) mass is 462 g/mol. The number of ether oxygens (including phenoxy) is 1. The second kappa shape index (κ2) is 11.0. The molecule has 4 aromatic rings. The van der Waals surface area contributed by atoms with Gasteiger partial charge in [-0.1, -0.05) is 48.0 Å². The van der Waals surface area contributed by atoms with E-state index in [-0.39, 0.29) is 5.57 Å². The number of amides is 1. The number of aryl methyl sites for hydroxylation is 1. The predicted molar refractivity (Wildman–Crippen MR) is 137 cm³/mol. The van der Waals surface area contributed by atoms with E-state index in [4.69, 9.17) is 9.84 Å². The summed E-state index contributed by atoms with van der Waals surface area (Å²) < 4.78 is 7.68. The highest BCUT2D eigenvalue weighted by atomic mass is 16.5. The van der Waals surface area contributed by atoms with Gasteiger partial charge in [0.05, 0.1) is 11.4 Å². The average Bonchev–Trinajstić information content (AvgIpc) is 3.32. The fraction of sp³-hybridized carbons (Fsp3) is 0.138. The highest BCUT2D eigenvalue weighted by molar-refractivity contribution is 6.02. The van der Waals surface area contributed by atoms with E-state index < -0.39 is 5.91 Å². The van der Waals surface area contributed by atoms with Crippen molar-refractivity contribution in [3.05, 3.63) is 107 Å². The zero-order valence-electron chi connectivity index (χ0n) is 19.7. The molecule has 1 heterocycles. The van der Waals surface area contributed by atoms with Crippen molar-refractivity contribution in [2.75, 3.05) is 6.54 Å². The first kappa shape index (κ1) is 23.5. The molecule has 0 atom stereocenters. The van der Waals surface area contributed by atoms with Crippen LogP contribution in [-0.4, -0.2) is 22.2 Å². The van der Waals surface area contributed by atoms with Crippen molar-refractivity contribution in [3.63, 3.8) is 0 Å². The Balaban J connectivity index is 1.64. The van der Waals surface area contributed by atoms with Gasteiger partial charge in [0, 0.05) is 23.9 Å². The van der Waals surface area contributed by atoms with Gasteiger partial charge in [-0.3, -0.25) is 4.79 Å². The highest BCUT2D eigenvalue weighted by Crippen LogP contribution is 2.28. The standard InChI is InChI=1S/C29H26N4O2/c1-3-31-29(34)24(18-30)17-25-19-33(26-7-5-4-6-8-26)32-28(25)23-13-15-27(16-14-23)35-20-22-11-9-21(2)10-12-22/h4-17,19H,3,20H2,1-2H3,(H,31,34)/b24-17-. The summed E-state index contributed by atoms with van der Waals surface area (Å²) in [5.41, 5.74) is 5.40. The van der Waals surface area contributed by atoms with Crippen molar-refractivity contribution in [1.82, 2.24) is 15.1 Å². The number of para-hydroxylation sites is 1. The maximum absolute atomic E-state index is 12.3. The van der Waals surface area contributed by atoms with Crippen molar-refractivity contribution in [2.24, 2.45) is 0 Å². The number of nitriles is 1. The Morgan fingerprint density at radius 3 is 2.43 bits per heavy atom. The van der Waals surface area contributed by atoms with Crippen LogP contribution in [0.15, 0.2) is 90.6 Å². The molecule has 0 aliphatic rings. The van der Waals surface area contributed by atoms with E-state index >= 15 is 0 Å². The number of hydrogen-bond donors (Lipinski definition) is 1. The van der Waals surface area contributed by atoms with Gasteiger partial charge in [-0.2, -0.15) is 10.4 Å². The molecule has 0 bridgehead atoms. The Bertz CT molecular complexity index is 1360. The van der Waals surface area contributed by atoms with Crippen molar-refractivity contribution in [2.45, 2.75) is 20.5 Å². The van der Waals surface area contributed by atoms with Crippen LogP contribution in [-0.2, 0) is 11.4 Å². The number of nitrogens with zero attached hydrogens (tertiary/aromatic N) is 3. The summed E-state index contributed by atoms with van der Waals surface area (Å²) in [5.74, 6) is 0.335. The third kappa shape index (κ3) is 5.84. The van der Waals surface area contributed by atoms with E-state index in [1.165, 1.54) is 5.56 Å². The molecule has 6 heteroatoms. The lowest BCUT2D eigenvalue weighted by Gasteiger charge is -2.08. The second-order valence-corrected chi connectivity index (χ2v) is 8.04. The molecule has 0 unspecified atom stereocenters. The van der Waals surface area contributed by atoms with Crippen molar-refractivity contribution < 1.29 is 9.53 Å². The quantitative estimate of drug-likeness (QED) is 0.278. The number of carbonyl (C=O) groups excluding carboxylic acids is 1. The van der Waals surface area contributed by atoms with Gasteiger partial charge in [0.25, 0.3) is 5.91 Å². The van der Waals surface area contributed by atoms with Crippen LogP contribution in [0.25, 0.3) is 23.0 Å². The minimum Gasteiger partial charge on any atom is -0.489 e. The molecule has 4 rings (SSSR count). The second-order valence-electron chi connectivity index (χ2n) is 8.04. The molecular weight excluding hydrogens is 436 g/mol. The third-order valence-corrected chi connectivity index (χ3v) is 5.42. The largest absolute Gasteiger partial charge is 0.489 e. The Kier molecular flexibility index (Phi) is 7.39.